The Morgan fingerprint density at radius 2 is 1.22 bits per heavy atom. The quantitative estimate of drug-likeness (QED) is 0.484. The van der Waals surface area contributed by atoms with Gasteiger partial charge in [0.2, 0.25) is 5.75 Å². The molecule has 11 nitrogen and oxygen atoms in total. The maximum atomic E-state index is 12.4. The van der Waals surface area contributed by atoms with E-state index in [9.17, 15) is 14.4 Å². The first-order valence-corrected chi connectivity index (χ1v) is 9.27. The van der Waals surface area contributed by atoms with Gasteiger partial charge in [-0.1, -0.05) is 0 Å². The van der Waals surface area contributed by atoms with Gasteiger partial charge in [0.15, 0.2) is 23.0 Å². The second-order valence-corrected chi connectivity index (χ2v) is 6.17. The van der Waals surface area contributed by atoms with Crippen molar-refractivity contribution in [3.63, 3.8) is 0 Å². The maximum Gasteiger partial charge on any atom is 0.269 e. The second-order valence-electron chi connectivity index (χ2n) is 6.17. The Balaban J connectivity index is 1.94. The molecule has 0 atom stereocenters. The van der Waals surface area contributed by atoms with E-state index < -0.39 is 17.7 Å². The van der Waals surface area contributed by atoms with Gasteiger partial charge < -0.3 is 29.0 Å². The highest BCUT2D eigenvalue weighted by Crippen LogP contribution is 2.38. The summed E-state index contributed by atoms with van der Waals surface area (Å²) in [5.41, 5.74) is 4.92. The second kappa shape index (κ2) is 11.3. The zero-order valence-corrected chi connectivity index (χ0v) is 18.4. The molecule has 0 aromatic heterocycles. The molecule has 2 rings (SSSR count). The lowest BCUT2D eigenvalue weighted by Crippen LogP contribution is -2.46. The Morgan fingerprint density at radius 1 is 0.656 bits per heavy atom. The summed E-state index contributed by atoms with van der Waals surface area (Å²) in [7, 11) is 7.21. The number of benzene rings is 2. The van der Waals surface area contributed by atoms with E-state index in [2.05, 4.69) is 16.2 Å². The summed E-state index contributed by atoms with van der Waals surface area (Å²) in [4.78, 5) is 36.7. The molecule has 0 radical (unpaired) electrons. The summed E-state index contributed by atoms with van der Waals surface area (Å²) >= 11 is 0. The predicted molar refractivity (Wildman–Crippen MR) is 114 cm³/mol. The summed E-state index contributed by atoms with van der Waals surface area (Å²) in [6.07, 6.45) is 0. The molecule has 0 fully saturated rings. The van der Waals surface area contributed by atoms with Crippen molar-refractivity contribution in [3.05, 3.63) is 41.5 Å². The van der Waals surface area contributed by atoms with Gasteiger partial charge in [-0.15, -0.1) is 0 Å². The number of carbonyl (C=O) groups excluding carboxylic acids is 3. The van der Waals surface area contributed by atoms with E-state index in [-0.39, 0.29) is 17.7 Å². The van der Waals surface area contributed by atoms with E-state index in [1.807, 2.05) is 0 Å². The van der Waals surface area contributed by atoms with Crippen LogP contribution in [-0.4, -0.2) is 59.8 Å². The highest BCUT2D eigenvalue weighted by molar-refractivity contribution is 5.99. The van der Waals surface area contributed by atoms with Gasteiger partial charge in [0.25, 0.3) is 17.7 Å². The molecule has 0 aliphatic carbocycles. The molecular formula is C21H25N3O8. The first kappa shape index (κ1) is 24.1. The molecule has 0 spiro atoms. The fraction of sp³-hybridized carbons (Fsp3) is 0.286. The van der Waals surface area contributed by atoms with Gasteiger partial charge in [0.1, 0.15) is 0 Å². The van der Waals surface area contributed by atoms with Crippen molar-refractivity contribution in [1.82, 2.24) is 16.2 Å². The zero-order chi connectivity index (χ0) is 23.7. The molecule has 0 saturated carbocycles. The molecule has 32 heavy (non-hydrogen) atoms. The molecule has 2 aromatic carbocycles. The number of hydrazine groups is 1. The summed E-state index contributed by atoms with van der Waals surface area (Å²) in [5, 5.41) is 2.44. The Kier molecular flexibility index (Phi) is 8.52. The number of hydrogen-bond acceptors (Lipinski definition) is 8. The summed E-state index contributed by atoms with van der Waals surface area (Å²) in [6.45, 7) is -0.387. The number of hydrogen-bond donors (Lipinski definition) is 3. The Labute approximate surface area is 184 Å². The molecule has 0 saturated heterocycles. The van der Waals surface area contributed by atoms with Gasteiger partial charge in [-0.3, -0.25) is 25.2 Å². The van der Waals surface area contributed by atoms with E-state index in [1.54, 1.807) is 6.07 Å². The number of amides is 3. The topological polar surface area (TPSA) is 133 Å². The standard InChI is InChI=1S/C21H25N3O8/c1-28-14-7-6-12(8-15(14)29-2)21(27)24-23-18(25)11-22-20(26)13-9-16(30-3)19(32-5)17(10-13)31-4/h6-10H,11H2,1-5H3,(H,22,26)(H,23,25)(H,24,27). The lowest BCUT2D eigenvalue weighted by molar-refractivity contribution is -0.120. The van der Waals surface area contributed by atoms with Crippen molar-refractivity contribution in [2.75, 3.05) is 42.1 Å². The van der Waals surface area contributed by atoms with E-state index in [1.165, 1.54) is 59.8 Å². The van der Waals surface area contributed by atoms with Crippen LogP contribution < -0.4 is 39.9 Å². The minimum absolute atomic E-state index is 0.196. The summed E-state index contributed by atoms with van der Waals surface area (Å²) < 4.78 is 25.9. The molecule has 2 aromatic rings. The van der Waals surface area contributed by atoms with E-state index in [0.717, 1.165) is 0 Å². The molecule has 3 N–H and O–H groups in total. The molecular weight excluding hydrogens is 422 g/mol. The lowest BCUT2D eigenvalue weighted by Gasteiger charge is -2.14. The van der Waals surface area contributed by atoms with Gasteiger partial charge in [-0.25, -0.2) is 0 Å². The van der Waals surface area contributed by atoms with Gasteiger partial charge >= 0.3 is 0 Å². The SMILES string of the molecule is COc1ccc(C(=O)NNC(=O)CNC(=O)c2cc(OC)c(OC)c(OC)c2)cc1OC. The normalized spacial score (nSPS) is 9.91. The Bertz CT molecular complexity index is 968. The molecule has 0 heterocycles. The fourth-order valence-electron chi connectivity index (χ4n) is 2.70. The maximum absolute atomic E-state index is 12.4. The van der Waals surface area contributed by atoms with Crippen LogP contribution in [0, 0.1) is 0 Å². The average molecular weight is 447 g/mol. The van der Waals surface area contributed by atoms with Crippen LogP contribution >= 0.6 is 0 Å². The van der Waals surface area contributed by atoms with Crippen LogP contribution in [0.1, 0.15) is 20.7 Å². The number of ether oxygens (including phenoxy) is 5. The van der Waals surface area contributed by atoms with Crippen LogP contribution in [-0.2, 0) is 4.79 Å². The minimum Gasteiger partial charge on any atom is -0.493 e. The summed E-state index contributed by atoms with van der Waals surface area (Å²) in [5.74, 6) is -0.0124. The fourth-order valence-corrected chi connectivity index (χ4v) is 2.70. The van der Waals surface area contributed by atoms with Gasteiger partial charge in [0.05, 0.1) is 42.1 Å². The van der Waals surface area contributed by atoms with Crippen molar-refractivity contribution in [3.8, 4) is 28.7 Å². The molecule has 0 bridgehead atoms. The van der Waals surface area contributed by atoms with Crippen LogP contribution in [0.25, 0.3) is 0 Å². The van der Waals surface area contributed by atoms with Crippen molar-refractivity contribution in [2.24, 2.45) is 0 Å². The zero-order valence-electron chi connectivity index (χ0n) is 18.4. The molecule has 3 amide bonds. The molecule has 11 heteroatoms. The van der Waals surface area contributed by atoms with Gasteiger partial charge in [0, 0.05) is 11.1 Å². The summed E-state index contributed by atoms with van der Waals surface area (Å²) in [6, 6.07) is 7.44. The highest BCUT2D eigenvalue weighted by Gasteiger charge is 2.18. The predicted octanol–water partition coefficient (Wildman–Crippen LogP) is 0.921. The van der Waals surface area contributed by atoms with Gasteiger partial charge in [-0.05, 0) is 30.3 Å². The third-order valence-corrected chi connectivity index (χ3v) is 4.30. The number of carbonyl (C=O) groups is 3. The van der Waals surface area contributed by atoms with Crippen molar-refractivity contribution >= 4 is 17.7 Å². The molecule has 172 valence electrons. The number of nitrogens with one attached hydrogen (secondary N) is 3. The van der Waals surface area contributed by atoms with Crippen molar-refractivity contribution in [1.29, 1.82) is 0 Å². The van der Waals surface area contributed by atoms with Crippen LogP contribution in [0.5, 0.6) is 28.7 Å². The Hall–Kier alpha value is -4.15. The van der Waals surface area contributed by atoms with Crippen molar-refractivity contribution in [2.45, 2.75) is 0 Å². The third-order valence-electron chi connectivity index (χ3n) is 4.30. The van der Waals surface area contributed by atoms with E-state index in [4.69, 9.17) is 23.7 Å². The molecule has 0 aliphatic heterocycles. The number of methoxy groups -OCH3 is 5. The van der Waals surface area contributed by atoms with Crippen molar-refractivity contribution < 1.29 is 38.1 Å². The van der Waals surface area contributed by atoms with Crippen LogP contribution in [0.3, 0.4) is 0 Å². The first-order chi connectivity index (χ1) is 15.4. The lowest BCUT2D eigenvalue weighted by atomic mass is 10.1. The van der Waals surface area contributed by atoms with Gasteiger partial charge in [-0.2, -0.15) is 0 Å². The smallest absolute Gasteiger partial charge is 0.269 e. The van der Waals surface area contributed by atoms with Crippen LogP contribution in [0.2, 0.25) is 0 Å². The average Bonchev–Trinajstić information content (AvgIpc) is 2.83. The van der Waals surface area contributed by atoms with E-state index >= 15 is 0 Å². The van der Waals surface area contributed by atoms with Crippen LogP contribution in [0.4, 0.5) is 0 Å². The number of rotatable bonds is 9. The highest BCUT2D eigenvalue weighted by atomic mass is 16.5. The first-order valence-electron chi connectivity index (χ1n) is 9.27. The molecule has 0 aliphatic rings. The van der Waals surface area contributed by atoms with Crippen LogP contribution in [0.15, 0.2) is 30.3 Å². The minimum atomic E-state index is -0.639. The third kappa shape index (κ3) is 5.72. The Morgan fingerprint density at radius 3 is 1.75 bits per heavy atom. The largest absolute Gasteiger partial charge is 0.493 e. The van der Waals surface area contributed by atoms with E-state index in [0.29, 0.717) is 28.7 Å². The molecule has 0 unspecified atom stereocenters. The monoisotopic (exact) mass is 447 g/mol.